The predicted molar refractivity (Wildman–Crippen MR) is 112 cm³/mol. The van der Waals surface area contributed by atoms with Crippen molar-refractivity contribution in [1.82, 2.24) is 19.4 Å². The van der Waals surface area contributed by atoms with E-state index in [0.29, 0.717) is 44.0 Å². The molecule has 10 heteroatoms. The van der Waals surface area contributed by atoms with Crippen LogP contribution in [0.4, 0.5) is 4.79 Å². The molecule has 1 N–H and O–H groups in total. The fourth-order valence-corrected chi connectivity index (χ4v) is 6.09. The second-order valence-electron chi connectivity index (χ2n) is 8.28. The smallest absolute Gasteiger partial charge is 0.323 e. The number of halogens is 1. The number of rotatable bonds is 4. The second kappa shape index (κ2) is 8.45. The lowest BCUT2D eigenvalue weighted by molar-refractivity contribution is -0.133. The lowest BCUT2D eigenvalue weighted by atomic mass is 9.90. The SMILES string of the molecule is O=C1NC2(CCCCCC2)C(=O)N1CN1CCN(S(=O)(=O)c2ccc(Cl)cc2)CC1. The summed E-state index contributed by atoms with van der Waals surface area (Å²) in [5.41, 5.74) is -0.743. The summed E-state index contributed by atoms with van der Waals surface area (Å²) in [6.45, 7) is 1.72. The van der Waals surface area contributed by atoms with E-state index in [1.807, 2.05) is 4.90 Å². The standard InChI is InChI=1S/C20H27ClN4O4S/c21-16-5-7-17(8-6-16)30(28,29)24-13-11-23(12-14-24)15-25-18(26)20(22-19(25)27)9-3-1-2-4-10-20/h5-8H,1-4,9-15H2,(H,22,27). The van der Waals surface area contributed by atoms with Crippen LogP contribution < -0.4 is 5.32 Å². The van der Waals surface area contributed by atoms with Gasteiger partial charge in [-0.05, 0) is 37.1 Å². The Bertz CT molecular complexity index is 905. The molecule has 1 aromatic carbocycles. The molecule has 1 aromatic rings. The van der Waals surface area contributed by atoms with Crippen molar-refractivity contribution in [3.63, 3.8) is 0 Å². The number of carbonyl (C=O) groups is 2. The zero-order valence-corrected chi connectivity index (χ0v) is 18.4. The highest BCUT2D eigenvalue weighted by Gasteiger charge is 2.51. The summed E-state index contributed by atoms with van der Waals surface area (Å²) >= 11 is 5.85. The van der Waals surface area contributed by atoms with Crippen LogP contribution in [-0.4, -0.2) is 72.8 Å². The van der Waals surface area contributed by atoms with Crippen molar-refractivity contribution in [3.05, 3.63) is 29.3 Å². The van der Waals surface area contributed by atoms with E-state index in [2.05, 4.69) is 5.32 Å². The van der Waals surface area contributed by atoms with Crippen molar-refractivity contribution in [2.75, 3.05) is 32.8 Å². The lowest BCUT2D eigenvalue weighted by Crippen LogP contribution is -2.53. The van der Waals surface area contributed by atoms with Gasteiger partial charge >= 0.3 is 6.03 Å². The molecule has 0 radical (unpaired) electrons. The highest BCUT2D eigenvalue weighted by molar-refractivity contribution is 7.89. The molecule has 30 heavy (non-hydrogen) atoms. The number of carbonyl (C=O) groups excluding carboxylic acids is 2. The molecule has 1 spiro atoms. The van der Waals surface area contributed by atoms with Crippen LogP contribution in [0.5, 0.6) is 0 Å². The highest BCUT2D eigenvalue weighted by Crippen LogP contribution is 2.33. The van der Waals surface area contributed by atoms with Gasteiger partial charge in [0.25, 0.3) is 5.91 Å². The monoisotopic (exact) mass is 454 g/mol. The Morgan fingerprint density at radius 1 is 0.933 bits per heavy atom. The summed E-state index contributed by atoms with van der Waals surface area (Å²) in [6, 6.07) is 5.79. The van der Waals surface area contributed by atoms with Crippen LogP contribution in [0.2, 0.25) is 5.02 Å². The van der Waals surface area contributed by atoms with Crippen LogP contribution in [0.15, 0.2) is 29.2 Å². The summed E-state index contributed by atoms with van der Waals surface area (Å²) in [4.78, 5) is 29.1. The third-order valence-corrected chi connectivity index (χ3v) is 8.49. The van der Waals surface area contributed by atoms with Gasteiger partial charge in [-0.1, -0.05) is 37.3 Å². The molecule has 0 aromatic heterocycles. The number of benzene rings is 1. The number of hydrogen-bond acceptors (Lipinski definition) is 5. The first kappa shape index (κ1) is 21.5. The molecule has 2 heterocycles. The molecule has 4 rings (SSSR count). The number of amides is 3. The Kier molecular flexibility index (Phi) is 6.07. The van der Waals surface area contributed by atoms with Crippen molar-refractivity contribution < 1.29 is 18.0 Å². The molecule has 2 saturated heterocycles. The van der Waals surface area contributed by atoms with Gasteiger partial charge in [0.1, 0.15) is 5.54 Å². The molecule has 2 aliphatic heterocycles. The maximum absolute atomic E-state index is 13.1. The zero-order chi connectivity index (χ0) is 21.4. The van der Waals surface area contributed by atoms with Crippen molar-refractivity contribution >= 4 is 33.6 Å². The van der Waals surface area contributed by atoms with Gasteiger partial charge in [0, 0.05) is 31.2 Å². The first-order valence-corrected chi connectivity index (χ1v) is 12.3. The van der Waals surface area contributed by atoms with E-state index in [0.717, 1.165) is 25.7 Å². The Hall–Kier alpha value is -1.68. The maximum atomic E-state index is 13.1. The summed E-state index contributed by atoms with van der Waals surface area (Å²) in [6.07, 6.45) is 5.47. The third-order valence-electron chi connectivity index (χ3n) is 6.33. The maximum Gasteiger partial charge on any atom is 0.326 e. The molecule has 1 aliphatic carbocycles. The molecule has 0 atom stereocenters. The normalized spacial score (nSPS) is 23.6. The van der Waals surface area contributed by atoms with E-state index in [1.165, 1.54) is 21.3 Å². The van der Waals surface area contributed by atoms with Gasteiger partial charge in [-0.3, -0.25) is 9.69 Å². The summed E-state index contributed by atoms with van der Waals surface area (Å²) in [7, 11) is -3.59. The van der Waals surface area contributed by atoms with Crippen LogP contribution in [0.1, 0.15) is 38.5 Å². The Morgan fingerprint density at radius 2 is 1.53 bits per heavy atom. The number of piperazine rings is 1. The molecule has 8 nitrogen and oxygen atoms in total. The molecule has 164 valence electrons. The number of sulfonamides is 1. The van der Waals surface area contributed by atoms with Crippen molar-refractivity contribution in [3.8, 4) is 0 Å². The molecule has 3 amide bonds. The molecule has 0 unspecified atom stereocenters. The molecule has 0 bridgehead atoms. The van der Waals surface area contributed by atoms with E-state index in [9.17, 15) is 18.0 Å². The molecule has 1 saturated carbocycles. The molecule has 3 fully saturated rings. The van der Waals surface area contributed by atoms with E-state index >= 15 is 0 Å². The second-order valence-corrected chi connectivity index (χ2v) is 10.7. The molecular formula is C20H27ClN4O4S. The van der Waals surface area contributed by atoms with E-state index in [-0.39, 0.29) is 23.5 Å². The van der Waals surface area contributed by atoms with Crippen LogP contribution >= 0.6 is 11.6 Å². The van der Waals surface area contributed by atoms with Crippen molar-refractivity contribution in [2.45, 2.75) is 49.0 Å². The zero-order valence-electron chi connectivity index (χ0n) is 16.8. The number of hydrogen-bond donors (Lipinski definition) is 1. The molecular weight excluding hydrogens is 428 g/mol. The van der Waals surface area contributed by atoms with Gasteiger partial charge in [-0.25, -0.2) is 18.1 Å². The molecule has 3 aliphatic rings. The van der Waals surface area contributed by atoms with Gasteiger partial charge in [0.05, 0.1) is 11.6 Å². The first-order valence-electron chi connectivity index (χ1n) is 10.4. The minimum atomic E-state index is -3.59. The van der Waals surface area contributed by atoms with E-state index in [1.54, 1.807) is 12.1 Å². The average Bonchev–Trinajstić information content (AvgIpc) is 2.89. The Labute approximate surface area is 182 Å². The topological polar surface area (TPSA) is 90.0 Å². The largest absolute Gasteiger partial charge is 0.326 e. The van der Waals surface area contributed by atoms with Crippen LogP contribution in [0.25, 0.3) is 0 Å². The Balaban J connectivity index is 1.37. The average molecular weight is 455 g/mol. The number of urea groups is 1. The first-order chi connectivity index (χ1) is 14.3. The van der Waals surface area contributed by atoms with Crippen LogP contribution in [0, 0.1) is 0 Å². The minimum Gasteiger partial charge on any atom is -0.323 e. The van der Waals surface area contributed by atoms with Gasteiger partial charge < -0.3 is 5.32 Å². The third kappa shape index (κ3) is 4.08. The quantitative estimate of drug-likeness (QED) is 0.705. The van der Waals surface area contributed by atoms with Gasteiger partial charge in [-0.15, -0.1) is 0 Å². The Morgan fingerprint density at radius 3 is 2.13 bits per heavy atom. The van der Waals surface area contributed by atoms with Gasteiger partial charge in [0.2, 0.25) is 10.0 Å². The fraction of sp³-hybridized carbons (Fsp3) is 0.600. The lowest BCUT2D eigenvalue weighted by Gasteiger charge is -2.35. The fourth-order valence-electron chi connectivity index (χ4n) is 4.54. The van der Waals surface area contributed by atoms with E-state index < -0.39 is 15.6 Å². The number of nitrogens with zero attached hydrogens (tertiary/aromatic N) is 3. The summed E-state index contributed by atoms with van der Waals surface area (Å²) in [5, 5.41) is 3.44. The van der Waals surface area contributed by atoms with E-state index in [4.69, 9.17) is 11.6 Å². The van der Waals surface area contributed by atoms with Gasteiger partial charge in [0.15, 0.2) is 0 Å². The van der Waals surface area contributed by atoms with Crippen molar-refractivity contribution in [1.29, 1.82) is 0 Å². The van der Waals surface area contributed by atoms with Crippen LogP contribution in [0.3, 0.4) is 0 Å². The summed E-state index contributed by atoms with van der Waals surface area (Å²) in [5.74, 6) is -0.134. The van der Waals surface area contributed by atoms with Crippen LogP contribution in [-0.2, 0) is 14.8 Å². The number of nitrogens with one attached hydrogen (secondary N) is 1. The van der Waals surface area contributed by atoms with Crippen molar-refractivity contribution in [2.24, 2.45) is 0 Å². The highest BCUT2D eigenvalue weighted by atomic mass is 35.5. The summed E-state index contributed by atoms with van der Waals surface area (Å²) < 4.78 is 27.1. The predicted octanol–water partition coefficient (Wildman–Crippen LogP) is 2.25. The van der Waals surface area contributed by atoms with Gasteiger partial charge in [-0.2, -0.15) is 4.31 Å². The minimum absolute atomic E-state index is 0.134. The number of imide groups is 1.